The summed E-state index contributed by atoms with van der Waals surface area (Å²) in [5, 5.41) is 5.80. The molecule has 1 atom stereocenters. The molecule has 2 saturated heterocycles. The summed E-state index contributed by atoms with van der Waals surface area (Å²) in [5.41, 5.74) is 3.50. The molecule has 0 aromatic heterocycles. The first-order chi connectivity index (χ1) is 14.7. The summed E-state index contributed by atoms with van der Waals surface area (Å²) < 4.78 is 5.40. The van der Waals surface area contributed by atoms with Gasteiger partial charge >= 0.3 is 0 Å². The van der Waals surface area contributed by atoms with Gasteiger partial charge < -0.3 is 15.4 Å². The van der Waals surface area contributed by atoms with Crippen LogP contribution in [-0.4, -0.2) is 42.5 Å². The van der Waals surface area contributed by atoms with Crippen molar-refractivity contribution in [2.24, 2.45) is 0 Å². The highest BCUT2D eigenvalue weighted by Crippen LogP contribution is 2.17. The van der Waals surface area contributed by atoms with Crippen LogP contribution >= 0.6 is 0 Å². The van der Waals surface area contributed by atoms with Crippen LogP contribution < -0.4 is 10.6 Å². The number of carbonyl (C=O) groups excluding carboxylic acids is 2. The maximum Gasteiger partial charge on any atom is 0.253 e. The number of nitrogens with zero attached hydrogens (tertiary/aromatic N) is 1. The third-order valence-electron chi connectivity index (χ3n) is 5.70. The lowest BCUT2D eigenvalue weighted by Gasteiger charge is -2.15. The summed E-state index contributed by atoms with van der Waals surface area (Å²) in [7, 11) is 0. The van der Waals surface area contributed by atoms with E-state index in [0.717, 1.165) is 24.9 Å². The SMILES string of the molecule is O=C(NCc1ccc(CN2CCCC2)cc1)c1cccc(NC(=O)C2CCCO2)c1. The molecule has 6 nitrogen and oxygen atoms in total. The minimum Gasteiger partial charge on any atom is -0.368 e. The van der Waals surface area contributed by atoms with E-state index in [2.05, 4.69) is 39.8 Å². The van der Waals surface area contributed by atoms with Crippen molar-refractivity contribution in [3.63, 3.8) is 0 Å². The second-order valence-electron chi connectivity index (χ2n) is 8.05. The lowest BCUT2D eigenvalue weighted by Crippen LogP contribution is -2.27. The molecule has 158 valence electrons. The van der Waals surface area contributed by atoms with Crippen molar-refractivity contribution >= 4 is 17.5 Å². The van der Waals surface area contributed by atoms with Crippen LogP contribution in [0.25, 0.3) is 0 Å². The lowest BCUT2D eigenvalue weighted by molar-refractivity contribution is -0.124. The summed E-state index contributed by atoms with van der Waals surface area (Å²) in [4.78, 5) is 27.2. The van der Waals surface area contributed by atoms with E-state index in [1.807, 2.05) is 0 Å². The predicted molar refractivity (Wildman–Crippen MR) is 116 cm³/mol. The zero-order valence-corrected chi connectivity index (χ0v) is 17.2. The normalized spacial score (nSPS) is 19.0. The average molecular weight is 408 g/mol. The summed E-state index contributed by atoms with van der Waals surface area (Å²) in [5.74, 6) is -0.316. The van der Waals surface area contributed by atoms with Gasteiger partial charge in [0.2, 0.25) is 0 Å². The molecule has 30 heavy (non-hydrogen) atoms. The van der Waals surface area contributed by atoms with E-state index in [0.29, 0.717) is 24.4 Å². The molecule has 2 fully saturated rings. The third kappa shape index (κ3) is 5.46. The van der Waals surface area contributed by atoms with Gasteiger partial charge in [-0.25, -0.2) is 0 Å². The Morgan fingerprint density at radius 3 is 2.50 bits per heavy atom. The molecule has 2 heterocycles. The monoisotopic (exact) mass is 407 g/mol. The predicted octanol–water partition coefficient (Wildman–Crippen LogP) is 3.33. The summed E-state index contributed by atoms with van der Waals surface area (Å²) >= 11 is 0. The van der Waals surface area contributed by atoms with Crippen LogP contribution in [0.1, 0.15) is 47.2 Å². The molecule has 0 spiro atoms. The number of nitrogens with one attached hydrogen (secondary N) is 2. The van der Waals surface area contributed by atoms with E-state index >= 15 is 0 Å². The van der Waals surface area contributed by atoms with E-state index in [-0.39, 0.29) is 11.8 Å². The molecular weight excluding hydrogens is 378 g/mol. The third-order valence-corrected chi connectivity index (χ3v) is 5.70. The Labute approximate surface area is 177 Å². The number of hydrogen-bond donors (Lipinski definition) is 2. The lowest BCUT2D eigenvalue weighted by atomic mass is 10.1. The zero-order chi connectivity index (χ0) is 20.8. The van der Waals surface area contributed by atoms with Gasteiger partial charge in [0, 0.05) is 30.9 Å². The highest BCUT2D eigenvalue weighted by molar-refractivity contribution is 5.98. The first-order valence-corrected chi connectivity index (χ1v) is 10.8. The number of ether oxygens (including phenoxy) is 1. The van der Waals surface area contributed by atoms with Gasteiger partial charge in [-0.05, 0) is 68.1 Å². The fraction of sp³-hybridized carbons (Fsp3) is 0.417. The first-order valence-electron chi connectivity index (χ1n) is 10.8. The van der Waals surface area contributed by atoms with E-state index in [1.54, 1.807) is 24.3 Å². The smallest absolute Gasteiger partial charge is 0.253 e. The Morgan fingerprint density at radius 2 is 1.77 bits per heavy atom. The minimum atomic E-state index is -0.393. The highest BCUT2D eigenvalue weighted by atomic mass is 16.5. The molecule has 0 saturated carbocycles. The van der Waals surface area contributed by atoms with Crippen molar-refractivity contribution in [1.82, 2.24) is 10.2 Å². The van der Waals surface area contributed by atoms with Crippen LogP contribution in [0.2, 0.25) is 0 Å². The fourth-order valence-corrected chi connectivity index (χ4v) is 3.99. The van der Waals surface area contributed by atoms with E-state index in [9.17, 15) is 9.59 Å². The van der Waals surface area contributed by atoms with Crippen molar-refractivity contribution in [3.8, 4) is 0 Å². The van der Waals surface area contributed by atoms with E-state index in [4.69, 9.17) is 4.74 Å². The molecule has 0 aliphatic carbocycles. The van der Waals surface area contributed by atoms with Crippen LogP contribution in [0, 0.1) is 0 Å². The van der Waals surface area contributed by atoms with Gasteiger partial charge in [0.1, 0.15) is 6.10 Å². The molecule has 1 unspecified atom stereocenters. The maximum atomic E-state index is 12.6. The second kappa shape index (κ2) is 9.87. The summed E-state index contributed by atoms with van der Waals surface area (Å²) in [6, 6.07) is 15.4. The number of rotatable bonds is 7. The Bertz CT molecular complexity index is 870. The Kier molecular flexibility index (Phi) is 6.77. The van der Waals surface area contributed by atoms with Gasteiger partial charge in [-0.1, -0.05) is 30.3 Å². The van der Waals surface area contributed by atoms with Gasteiger partial charge in [-0.15, -0.1) is 0 Å². The zero-order valence-electron chi connectivity index (χ0n) is 17.2. The molecule has 0 bridgehead atoms. The largest absolute Gasteiger partial charge is 0.368 e. The molecule has 0 radical (unpaired) electrons. The van der Waals surface area contributed by atoms with Crippen LogP contribution in [0.5, 0.6) is 0 Å². The highest BCUT2D eigenvalue weighted by Gasteiger charge is 2.23. The number of benzene rings is 2. The topological polar surface area (TPSA) is 70.7 Å². The molecule has 6 heteroatoms. The minimum absolute atomic E-state index is 0.154. The van der Waals surface area contributed by atoms with E-state index < -0.39 is 6.10 Å². The van der Waals surface area contributed by atoms with Crippen LogP contribution in [0.3, 0.4) is 0 Å². The molecule has 2 aliphatic heterocycles. The van der Waals surface area contributed by atoms with Gasteiger partial charge in [0.05, 0.1) is 0 Å². The summed E-state index contributed by atoms with van der Waals surface area (Å²) in [6.45, 7) is 4.46. The fourth-order valence-electron chi connectivity index (χ4n) is 3.99. The van der Waals surface area contributed by atoms with E-state index in [1.165, 1.54) is 31.5 Å². The average Bonchev–Trinajstić information content (AvgIpc) is 3.48. The second-order valence-corrected chi connectivity index (χ2v) is 8.05. The molecule has 2 N–H and O–H groups in total. The molecule has 4 rings (SSSR count). The molecule has 2 amide bonds. The quantitative estimate of drug-likeness (QED) is 0.739. The van der Waals surface area contributed by atoms with Gasteiger partial charge in [0.15, 0.2) is 0 Å². The number of anilines is 1. The molecule has 2 aliphatic rings. The Balaban J connectivity index is 1.28. The van der Waals surface area contributed by atoms with Gasteiger partial charge in [-0.2, -0.15) is 0 Å². The van der Waals surface area contributed by atoms with Crippen molar-refractivity contribution in [2.45, 2.75) is 44.9 Å². The first kappa shape index (κ1) is 20.6. The van der Waals surface area contributed by atoms with Crippen LogP contribution in [0.15, 0.2) is 48.5 Å². The van der Waals surface area contributed by atoms with Gasteiger partial charge in [0.25, 0.3) is 11.8 Å². The number of likely N-dealkylation sites (tertiary alicyclic amines) is 1. The number of carbonyl (C=O) groups is 2. The van der Waals surface area contributed by atoms with Crippen LogP contribution in [-0.2, 0) is 22.6 Å². The maximum absolute atomic E-state index is 12.6. The standard InChI is InChI=1S/C24H29N3O3/c28-23(20-5-3-6-21(15-20)26-24(29)22-7-4-14-30-22)25-16-18-8-10-19(11-9-18)17-27-12-1-2-13-27/h3,5-6,8-11,15,22H,1-2,4,7,12-14,16-17H2,(H,25,28)(H,26,29). The number of amides is 2. The van der Waals surface area contributed by atoms with Crippen LogP contribution in [0.4, 0.5) is 5.69 Å². The molecule has 2 aromatic rings. The Morgan fingerprint density at radius 1 is 1.00 bits per heavy atom. The number of hydrogen-bond acceptors (Lipinski definition) is 4. The summed E-state index contributed by atoms with van der Waals surface area (Å²) in [6.07, 6.45) is 3.84. The van der Waals surface area contributed by atoms with Crippen molar-refractivity contribution in [3.05, 3.63) is 65.2 Å². The van der Waals surface area contributed by atoms with Gasteiger partial charge in [-0.3, -0.25) is 14.5 Å². The Hall–Kier alpha value is -2.70. The molecule has 2 aromatic carbocycles. The molecular formula is C24H29N3O3. The van der Waals surface area contributed by atoms with Crippen molar-refractivity contribution < 1.29 is 14.3 Å². The van der Waals surface area contributed by atoms with Crippen molar-refractivity contribution in [2.75, 3.05) is 25.0 Å². The van der Waals surface area contributed by atoms with Crippen molar-refractivity contribution in [1.29, 1.82) is 0 Å².